The summed E-state index contributed by atoms with van der Waals surface area (Å²) in [5.41, 5.74) is 3.16. The van der Waals surface area contributed by atoms with Gasteiger partial charge in [-0.3, -0.25) is 0 Å². The summed E-state index contributed by atoms with van der Waals surface area (Å²) < 4.78 is 1.65. The molecular formula is C15H11N7. The molecule has 0 N–H and O–H groups in total. The van der Waals surface area contributed by atoms with Crippen LogP contribution in [0.2, 0.25) is 0 Å². The van der Waals surface area contributed by atoms with Crippen LogP contribution in [0.4, 0.5) is 0 Å². The molecule has 0 atom stereocenters. The minimum absolute atomic E-state index is 0.471. The van der Waals surface area contributed by atoms with Gasteiger partial charge >= 0.3 is 0 Å². The molecule has 3 aromatic heterocycles. The first kappa shape index (κ1) is 12.5. The molecule has 1 aromatic carbocycles. The zero-order valence-corrected chi connectivity index (χ0v) is 11.7. The molecular weight excluding hydrogens is 278 g/mol. The van der Waals surface area contributed by atoms with Crippen LogP contribution < -0.4 is 0 Å². The second kappa shape index (κ2) is 4.96. The van der Waals surface area contributed by atoms with E-state index in [1.54, 1.807) is 10.7 Å². The summed E-state index contributed by atoms with van der Waals surface area (Å²) in [5, 5.41) is 12.4. The molecule has 106 valence electrons. The van der Waals surface area contributed by atoms with Crippen molar-refractivity contribution in [3.05, 3.63) is 54.6 Å². The average Bonchev–Trinajstić information content (AvgIpc) is 3.06. The topological polar surface area (TPSA) is 81.8 Å². The Bertz CT molecular complexity index is 946. The molecule has 22 heavy (non-hydrogen) atoms. The molecule has 0 radical (unpaired) electrons. The van der Waals surface area contributed by atoms with Gasteiger partial charge in [-0.1, -0.05) is 30.3 Å². The Morgan fingerprint density at radius 1 is 0.955 bits per heavy atom. The molecule has 3 heterocycles. The van der Waals surface area contributed by atoms with Crippen molar-refractivity contribution in [3.63, 3.8) is 0 Å². The van der Waals surface area contributed by atoms with E-state index in [1.807, 2.05) is 43.3 Å². The normalized spacial score (nSPS) is 11.0. The lowest BCUT2D eigenvalue weighted by Crippen LogP contribution is -2.04. The molecule has 0 saturated carbocycles. The lowest BCUT2D eigenvalue weighted by molar-refractivity contribution is 0.850. The zero-order valence-electron chi connectivity index (χ0n) is 11.7. The van der Waals surface area contributed by atoms with Crippen molar-refractivity contribution < 1.29 is 0 Å². The summed E-state index contributed by atoms with van der Waals surface area (Å²) >= 11 is 0. The summed E-state index contributed by atoms with van der Waals surface area (Å²) in [6, 6.07) is 11.6. The Kier molecular flexibility index (Phi) is 2.82. The van der Waals surface area contributed by atoms with Gasteiger partial charge in [-0.15, -0.1) is 10.2 Å². The summed E-state index contributed by atoms with van der Waals surface area (Å²) in [4.78, 5) is 12.9. The van der Waals surface area contributed by atoms with Gasteiger partial charge in [0.2, 0.25) is 0 Å². The Hall–Kier alpha value is -3.22. The van der Waals surface area contributed by atoms with E-state index in [4.69, 9.17) is 0 Å². The summed E-state index contributed by atoms with van der Waals surface area (Å²) in [6.45, 7) is 1.91. The van der Waals surface area contributed by atoms with Crippen molar-refractivity contribution in [1.29, 1.82) is 0 Å². The SMILES string of the molecule is Cc1c(-c2ccnc(-c3ccccc3)n2)nnc2ncnn12. The standard InChI is InChI=1S/C15H11N7/c1-10-13(20-21-15-17-9-18-22(10)15)12-7-8-16-14(19-12)11-5-3-2-4-6-11/h2-9H,1H3. The van der Waals surface area contributed by atoms with Crippen LogP contribution in [0.3, 0.4) is 0 Å². The number of aryl methyl sites for hydroxylation is 1. The molecule has 7 nitrogen and oxygen atoms in total. The summed E-state index contributed by atoms with van der Waals surface area (Å²) in [7, 11) is 0. The molecule has 7 heteroatoms. The highest BCUT2D eigenvalue weighted by atomic mass is 15.4. The Morgan fingerprint density at radius 2 is 1.82 bits per heavy atom. The van der Waals surface area contributed by atoms with Gasteiger partial charge in [0.05, 0.1) is 11.4 Å². The predicted molar refractivity (Wildman–Crippen MR) is 79.8 cm³/mol. The molecule has 0 amide bonds. The van der Waals surface area contributed by atoms with Gasteiger partial charge in [-0.25, -0.2) is 9.97 Å². The lowest BCUT2D eigenvalue weighted by Gasteiger charge is -2.06. The van der Waals surface area contributed by atoms with Crippen molar-refractivity contribution >= 4 is 5.78 Å². The number of aromatic nitrogens is 7. The summed E-state index contributed by atoms with van der Waals surface area (Å²) in [6.07, 6.45) is 3.17. The molecule has 0 spiro atoms. The third-order valence-electron chi connectivity index (χ3n) is 3.36. The second-order valence-electron chi connectivity index (χ2n) is 4.74. The molecule has 4 aromatic rings. The first-order valence-corrected chi connectivity index (χ1v) is 6.75. The molecule has 0 bridgehead atoms. The molecule has 0 aliphatic heterocycles. The maximum atomic E-state index is 4.59. The maximum absolute atomic E-state index is 4.59. The van der Waals surface area contributed by atoms with Gasteiger partial charge in [0, 0.05) is 11.8 Å². The van der Waals surface area contributed by atoms with Crippen molar-refractivity contribution in [1.82, 2.24) is 34.8 Å². The van der Waals surface area contributed by atoms with Gasteiger partial charge in [0.25, 0.3) is 5.78 Å². The van der Waals surface area contributed by atoms with Crippen molar-refractivity contribution in [2.24, 2.45) is 0 Å². The van der Waals surface area contributed by atoms with Gasteiger partial charge in [0.1, 0.15) is 12.0 Å². The van der Waals surface area contributed by atoms with Crippen LogP contribution in [0.1, 0.15) is 5.69 Å². The van der Waals surface area contributed by atoms with E-state index in [9.17, 15) is 0 Å². The minimum atomic E-state index is 0.471. The molecule has 0 aliphatic carbocycles. The van der Waals surface area contributed by atoms with Crippen LogP contribution >= 0.6 is 0 Å². The molecule has 4 rings (SSSR count). The highest BCUT2D eigenvalue weighted by molar-refractivity contribution is 5.62. The highest BCUT2D eigenvalue weighted by Crippen LogP contribution is 2.21. The fourth-order valence-electron chi connectivity index (χ4n) is 2.26. The lowest BCUT2D eigenvalue weighted by atomic mass is 10.2. The number of hydrogen-bond acceptors (Lipinski definition) is 6. The van der Waals surface area contributed by atoms with Gasteiger partial charge in [-0.2, -0.15) is 14.6 Å². The van der Waals surface area contributed by atoms with Crippen LogP contribution in [0.5, 0.6) is 0 Å². The number of benzene rings is 1. The quantitative estimate of drug-likeness (QED) is 0.561. The van der Waals surface area contributed by atoms with Crippen molar-refractivity contribution in [3.8, 4) is 22.8 Å². The molecule has 0 aliphatic rings. The van der Waals surface area contributed by atoms with E-state index in [-0.39, 0.29) is 0 Å². The van der Waals surface area contributed by atoms with Gasteiger partial charge in [0.15, 0.2) is 5.82 Å². The fourth-order valence-corrected chi connectivity index (χ4v) is 2.26. The largest absolute Gasteiger partial charge is 0.271 e. The molecule has 0 fully saturated rings. The van der Waals surface area contributed by atoms with E-state index in [2.05, 4.69) is 30.2 Å². The Labute approximate surface area is 125 Å². The predicted octanol–water partition coefficient (Wildman–Crippen LogP) is 1.95. The summed E-state index contributed by atoms with van der Waals surface area (Å²) in [5.74, 6) is 1.12. The van der Waals surface area contributed by atoms with Crippen LogP contribution in [-0.2, 0) is 0 Å². The van der Waals surface area contributed by atoms with E-state index in [0.29, 0.717) is 23.0 Å². The first-order chi connectivity index (χ1) is 10.8. The smallest absolute Gasteiger partial charge is 0.237 e. The van der Waals surface area contributed by atoms with Gasteiger partial charge in [-0.05, 0) is 13.0 Å². The highest BCUT2D eigenvalue weighted by Gasteiger charge is 2.12. The third kappa shape index (κ3) is 1.99. The monoisotopic (exact) mass is 289 g/mol. The third-order valence-corrected chi connectivity index (χ3v) is 3.36. The van der Waals surface area contributed by atoms with E-state index < -0.39 is 0 Å². The number of hydrogen-bond donors (Lipinski definition) is 0. The number of fused-ring (bicyclic) bond motifs is 1. The number of rotatable bonds is 2. The van der Waals surface area contributed by atoms with Crippen LogP contribution in [0.25, 0.3) is 28.6 Å². The number of nitrogens with zero attached hydrogens (tertiary/aromatic N) is 7. The molecule has 0 saturated heterocycles. The zero-order chi connectivity index (χ0) is 14.9. The van der Waals surface area contributed by atoms with Crippen LogP contribution in [0, 0.1) is 6.92 Å². The van der Waals surface area contributed by atoms with Crippen molar-refractivity contribution in [2.75, 3.05) is 0 Å². The molecule has 0 unspecified atom stereocenters. The maximum Gasteiger partial charge on any atom is 0.271 e. The average molecular weight is 289 g/mol. The van der Waals surface area contributed by atoms with Crippen LogP contribution in [0.15, 0.2) is 48.9 Å². The second-order valence-corrected chi connectivity index (χ2v) is 4.74. The van der Waals surface area contributed by atoms with Crippen molar-refractivity contribution in [2.45, 2.75) is 6.92 Å². The minimum Gasteiger partial charge on any atom is -0.237 e. The van der Waals surface area contributed by atoms with Gasteiger partial charge < -0.3 is 0 Å². The van der Waals surface area contributed by atoms with E-state index in [0.717, 1.165) is 11.3 Å². The first-order valence-electron chi connectivity index (χ1n) is 6.75. The Balaban J connectivity index is 1.87. The van der Waals surface area contributed by atoms with E-state index >= 15 is 0 Å². The van der Waals surface area contributed by atoms with E-state index in [1.165, 1.54) is 6.33 Å². The fraction of sp³-hybridized carbons (Fsp3) is 0.0667. The Morgan fingerprint density at radius 3 is 2.68 bits per heavy atom. The van der Waals surface area contributed by atoms with Crippen LogP contribution in [-0.4, -0.2) is 34.8 Å².